The van der Waals surface area contributed by atoms with Gasteiger partial charge in [0.25, 0.3) is 5.56 Å². The van der Waals surface area contributed by atoms with E-state index in [1.807, 2.05) is 43.4 Å². The molecule has 3 aromatic rings. The first-order valence-electron chi connectivity index (χ1n) is 7.47. The molecule has 0 amide bonds. The zero-order valence-electron chi connectivity index (χ0n) is 13.1. The third-order valence-electron chi connectivity index (χ3n) is 4.03. The maximum atomic E-state index is 12.2. The number of fused-ring (bicyclic) bond motifs is 1. The van der Waals surface area contributed by atoms with Crippen LogP contribution in [-0.2, 0) is 6.54 Å². The molecule has 0 spiro atoms. The Bertz CT molecular complexity index is 891. The molecule has 23 heavy (non-hydrogen) atoms. The lowest BCUT2D eigenvalue weighted by molar-refractivity contribution is 0.250. The molecule has 5 heteroatoms. The van der Waals surface area contributed by atoms with E-state index in [4.69, 9.17) is 11.6 Å². The summed E-state index contributed by atoms with van der Waals surface area (Å²) in [6, 6.07) is 15.1. The van der Waals surface area contributed by atoms with Gasteiger partial charge in [-0.2, -0.15) is 0 Å². The van der Waals surface area contributed by atoms with E-state index in [-0.39, 0.29) is 11.6 Å². The molecule has 0 aliphatic carbocycles. The Morgan fingerprint density at radius 1 is 1.22 bits per heavy atom. The van der Waals surface area contributed by atoms with Crippen molar-refractivity contribution >= 4 is 17.2 Å². The van der Waals surface area contributed by atoms with E-state index in [2.05, 4.69) is 22.9 Å². The first-order valence-corrected chi connectivity index (χ1v) is 7.85. The molecule has 3 rings (SSSR count). The van der Waals surface area contributed by atoms with Crippen molar-refractivity contribution in [3.8, 4) is 0 Å². The number of aromatic nitrogens is 2. The molecule has 118 valence electrons. The molecule has 1 aromatic carbocycles. The van der Waals surface area contributed by atoms with Crippen molar-refractivity contribution in [2.45, 2.75) is 19.5 Å². The highest BCUT2D eigenvalue weighted by Crippen LogP contribution is 2.22. The van der Waals surface area contributed by atoms with E-state index in [9.17, 15) is 4.79 Å². The van der Waals surface area contributed by atoms with E-state index >= 15 is 0 Å². The number of pyridine rings is 1. The van der Waals surface area contributed by atoms with Gasteiger partial charge in [0.2, 0.25) is 0 Å². The Kier molecular flexibility index (Phi) is 4.46. The summed E-state index contributed by atoms with van der Waals surface area (Å²) >= 11 is 6.06. The third kappa shape index (κ3) is 3.44. The van der Waals surface area contributed by atoms with Crippen LogP contribution in [0.5, 0.6) is 0 Å². The first-order chi connectivity index (χ1) is 11.0. The molecule has 0 N–H and O–H groups in total. The standard InChI is InChI=1S/C18H18ClN3O/c1-13(14-6-5-7-15(19)10-14)21(2)12-16-11-18(23)22-9-4-3-8-17(22)20-16/h3-11,13H,12H2,1-2H3/t13-/m1/s1. The third-order valence-corrected chi connectivity index (χ3v) is 4.26. The van der Waals surface area contributed by atoms with Crippen molar-refractivity contribution in [3.63, 3.8) is 0 Å². The minimum atomic E-state index is -0.0607. The lowest BCUT2D eigenvalue weighted by Crippen LogP contribution is -2.24. The number of hydrogen-bond donors (Lipinski definition) is 0. The molecule has 0 fully saturated rings. The first kappa shape index (κ1) is 15.7. The smallest absolute Gasteiger partial charge is 0.258 e. The Morgan fingerprint density at radius 2 is 2.04 bits per heavy atom. The van der Waals surface area contributed by atoms with E-state index in [1.165, 1.54) is 0 Å². The van der Waals surface area contributed by atoms with Crippen LogP contribution < -0.4 is 5.56 Å². The van der Waals surface area contributed by atoms with Crippen LogP contribution in [0.2, 0.25) is 5.02 Å². The average Bonchev–Trinajstić information content (AvgIpc) is 2.54. The largest absolute Gasteiger partial charge is 0.294 e. The average molecular weight is 328 g/mol. The van der Waals surface area contributed by atoms with Gasteiger partial charge in [0, 0.05) is 29.9 Å². The lowest BCUT2D eigenvalue weighted by atomic mass is 10.1. The topological polar surface area (TPSA) is 37.6 Å². The summed E-state index contributed by atoms with van der Waals surface area (Å²) in [6.45, 7) is 2.70. The summed E-state index contributed by atoms with van der Waals surface area (Å²) < 4.78 is 1.55. The summed E-state index contributed by atoms with van der Waals surface area (Å²) in [4.78, 5) is 18.9. The van der Waals surface area contributed by atoms with Crippen LogP contribution in [0.3, 0.4) is 0 Å². The number of nitrogens with zero attached hydrogens (tertiary/aromatic N) is 3. The van der Waals surface area contributed by atoms with Crippen molar-refractivity contribution in [3.05, 3.63) is 81.4 Å². The van der Waals surface area contributed by atoms with Crippen molar-refractivity contribution < 1.29 is 0 Å². The normalized spacial score (nSPS) is 12.7. The van der Waals surface area contributed by atoms with Gasteiger partial charge in [0.05, 0.1) is 5.69 Å². The Hall–Kier alpha value is -2.17. The maximum Gasteiger partial charge on any atom is 0.258 e. The van der Waals surface area contributed by atoms with Crippen LogP contribution in [0.25, 0.3) is 5.65 Å². The molecule has 2 heterocycles. The Morgan fingerprint density at radius 3 is 2.83 bits per heavy atom. The van der Waals surface area contributed by atoms with Crippen molar-refractivity contribution in [1.82, 2.24) is 14.3 Å². The monoisotopic (exact) mass is 327 g/mol. The fraction of sp³-hybridized carbons (Fsp3) is 0.222. The predicted molar refractivity (Wildman–Crippen MR) is 92.8 cm³/mol. The summed E-state index contributed by atoms with van der Waals surface area (Å²) in [5, 5.41) is 0.727. The molecule has 2 aromatic heterocycles. The molecule has 0 aliphatic heterocycles. The van der Waals surface area contributed by atoms with Gasteiger partial charge in [-0.3, -0.25) is 14.1 Å². The van der Waals surface area contributed by atoms with E-state index in [0.29, 0.717) is 12.2 Å². The second-order valence-electron chi connectivity index (χ2n) is 5.66. The van der Waals surface area contributed by atoms with Gasteiger partial charge in [-0.05, 0) is 43.8 Å². The second kappa shape index (κ2) is 6.52. The van der Waals surface area contributed by atoms with Crippen LogP contribution in [-0.4, -0.2) is 21.3 Å². The zero-order chi connectivity index (χ0) is 16.4. The minimum absolute atomic E-state index is 0.0607. The Labute approximate surface area is 140 Å². The van der Waals surface area contributed by atoms with Crippen molar-refractivity contribution in [2.75, 3.05) is 7.05 Å². The van der Waals surface area contributed by atoms with Crippen LogP contribution in [0.15, 0.2) is 59.5 Å². The van der Waals surface area contributed by atoms with Crippen LogP contribution in [0, 0.1) is 0 Å². The molecular formula is C18H18ClN3O. The summed E-state index contributed by atoms with van der Waals surface area (Å²) in [6.07, 6.45) is 1.73. The van der Waals surface area contributed by atoms with Crippen LogP contribution in [0.1, 0.15) is 24.2 Å². The molecule has 0 radical (unpaired) electrons. The molecule has 0 unspecified atom stereocenters. The van der Waals surface area contributed by atoms with E-state index in [1.54, 1.807) is 16.7 Å². The van der Waals surface area contributed by atoms with Gasteiger partial charge in [-0.25, -0.2) is 4.98 Å². The van der Waals surface area contributed by atoms with Gasteiger partial charge in [0.15, 0.2) is 0 Å². The van der Waals surface area contributed by atoms with Gasteiger partial charge in [0.1, 0.15) is 5.65 Å². The zero-order valence-corrected chi connectivity index (χ0v) is 13.9. The van der Waals surface area contributed by atoms with Crippen LogP contribution >= 0.6 is 11.6 Å². The van der Waals surface area contributed by atoms with Crippen LogP contribution in [0.4, 0.5) is 0 Å². The molecular weight excluding hydrogens is 310 g/mol. The number of rotatable bonds is 4. The maximum absolute atomic E-state index is 12.2. The van der Waals surface area contributed by atoms with E-state index < -0.39 is 0 Å². The quantitative estimate of drug-likeness (QED) is 0.735. The highest BCUT2D eigenvalue weighted by atomic mass is 35.5. The summed E-state index contributed by atoms with van der Waals surface area (Å²) in [5.74, 6) is 0. The summed E-state index contributed by atoms with van der Waals surface area (Å²) in [7, 11) is 2.01. The lowest BCUT2D eigenvalue weighted by Gasteiger charge is -2.25. The fourth-order valence-electron chi connectivity index (χ4n) is 2.60. The minimum Gasteiger partial charge on any atom is -0.294 e. The molecule has 0 saturated carbocycles. The highest BCUT2D eigenvalue weighted by molar-refractivity contribution is 6.30. The molecule has 0 bridgehead atoms. The SMILES string of the molecule is C[C@H](c1cccc(Cl)c1)N(C)Cc1cc(=O)n2ccccc2n1. The van der Waals surface area contributed by atoms with Gasteiger partial charge < -0.3 is 0 Å². The Balaban J connectivity index is 1.85. The highest BCUT2D eigenvalue weighted by Gasteiger charge is 2.13. The molecule has 4 nitrogen and oxygen atoms in total. The second-order valence-corrected chi connectivity index (χ2v) is 6.10. The van der Waals surface area contributed by atoms with Crippen molar-refractivity contribution in [1.29, 1.82) is 0 Å². The molecule has 0 saturated heterocycles. The molecule has 1 atom stereocenters. The number of hydrogen-bond acceptors (Lipinski definition) is 3. The molecule has 0 aliphatic rings. The number of benzene rings is 1. The summed E-state index contributed by atoms with van der Waals surface area (Å²) in [5.41, 5.74) is 2.50. The fourth-order valence-corrected chi connectivity index (χ4v) is 2.80. The number of halogens is 1. The van der Waals surface area contributed by atoms with Gasteiger partial charge >= 0.3 is 0 Å². The van der Waals surface area contributed by atoms with Gasteiger partial charge in [-0.15, -0.1) is 0 Å². The van der Waals surface area contributed by atoms with Crippen molar-refractivity contribution in [2.24, 2.45) is 0 Å². The predicted octanol–water partition coefficient (Wildman–Crippen LogP) is 3.54. The van der Waals surface area contributed by atoms with Gasteiger partial charge in [-0.1, -0.05) is 29.8 Å². The van der Waals surface area contributed by atoms with E-state index in [0.717, 1.165) is 16.3 Å².